The fourth-order valence-electron chi connectivity index (χ4n) is 10.6. The minimum atomic E-state index is -2.04. The number of carboxylic acid groups (broad SMARTS) is 2. The van der Waals surface area contributed by atoms with Crippen LogP contribution in [0.25, 0.3) is 0 Å². The summed E-state index contributed by atoms with van der Waals surface area (Å²) in [6.45, 7) is 2.55. The van der Waals surface area contributed by atoms with Crippen molar-refractivity contribution in [1.82, 2.24) is 63.8 Å². The van der Waals surface area contributed by atoms with E-state index in [0.29, 0.717) is 44.2 Å². The van der Waals surface area contributed by atoms with Crippen LogP contribution in [0.3, 0.4) is 0 Å². The number of carbonyl (C=O) groups is 15. The zero-order valence-electron chi connectivity index (χ0n) is 62.6. The largest absolute Gasteiger partial charge is 0.508 e. The molecule has 0 saturated carbocycles. The average Bonchev–Trinajstić information content (AvgIpc) is 0.850. The third-order valence-corrected chi connectivity index (χ3v) is 17.5. The summed E-state index contributed by atoms with van der Waals surface area (Å²) in [5.74, 6) is -18.5. The molecule has 14 atom stereocenters. The van der Waals surface area contributed by atoms with Crippen LogP contribution < -0.4 is 110 Å². The first kappa shape index (κ1) is 98.4. The number of primary amides is 1. The Balaban J connectivity index is 3.73. The summed E-state index contributed by atoms with van der Waals surface area (Å²) in [4.78, 5) is 209. The van der Waals surface area contributed by atoms with E-state index in [-0.39, 0.29) is 101 Å². The Morgan fingerprint density at radius 2 is 0.764 bits per heavy atom. The lowest BCUT2D eigenvalue weighted by atomic mass is 10.0. The number of nitrogens with two attached hydrogens (primary N) is 8. The lowest BCUT2D eigenvalue weighted by Gasteiger charge is -2.29. The van der Waals surface area contributed by atoms with E-state index in [4.69, 9.17) is 45.9 Å². The van der Waals surface area contributed by atoms with Gasteiger partial charge in [0.2, 0.25) is 76.8 Å². The number of aromatic hydroxyl groups is 1. The molecule has 13 amide bonds. The van der Waals surface area contributed by atoms with Crippen molar-refractivity contribution in [1.29, 1.82) is 0 Å². The normalized spacial score (nSPS) is 15.0. The SMILES string of the molecule is CSCC[C@H](NC(=O)[C@H](CO)NC(=O)[C@@H](N)CCCCN)C(=O)N[C@@H](CCCCN)C(=O)N[C@@H](Cc1ccc(O)cc1)C(=O)N[C@@H](CC(N)=O)C(=O)N[C@@H](CCCN=C(N)N)C(=O)N[C@@H](CO)C(=O)N[C@H](C(=O)N[C@@H](CCCCN)C(=O)N[C@@H](CC(=O)O)C(=O)N[C@H](C(=O)N[C@@H](CCCCN)C(=O)O)C(C)C)[C@@H](C)O. The van der Waals surface area contributed by atoms with Gasteiger partial charge in [-0.25, -0.2) is 4.79 Å². The molecule has 0 bridgehead atoms. The van der Waals surface area contributed by atoms with Crippen molar-refractivity contribution >= 4 is 106 Å². The number of thioether (sulfide) groups is 1. The van der Waals surface area contributed by atoms with Crippen molar-refractivity contribution in [2.75, 3.05) is 57.9 Å². The number of benzene rings is 1. The number of rotatable bonds is 58. The van der Waals surface area contributed by atoms with Crippen molar-refractivity contribution in [2.45, 2.75) is 221 Å². The second kappa shape index (κ2) is 54.1. The van der Waals surface area contributed by atoms with E-state index in [0.717, 1.165) is 6.92 Å². The first-order chi connectivity index (χ1) is 52.0. The fraction of sp³-hybridized carbons (Fsp3) is 0.672. The van der Waals surface area contributed by atoms with Crippen LogP contribution >= 0.6 is 11.8 Å². The summed E-state index contributed by atoms with van der Waals surface area (Å²) in [5.41, 5.74) is 45.5. The number of unbranched alkanes of at least 4 members (excludes halogenated alkanes) is 4. The first-order valence-corrected chi connectivity index (χ1v) is 37.6. The smallest absolute Gasteiger partial charge is 0.326 e. The molecule has 0 unspecified atom stereocenters. The van der Waals surface area contributed by atoms with Gasteiger partial charge in [0.05, 0.1) is 38.2 Å². The first-order valence-electron chi connectivity index (χ1n) is 36.2. The Morgan fingerprint density at radius 3 is 1.19 bits per heavy atom. The molecule has 1 aromatic carbocycles. The Bertz CT molecular complexity index is 3170. The third-order valence-electron chi connectivity index (χ3n) is 16.8. The number of carboxylic acids is 2. The number of aliphatic hydroxyl groups excluding tert-OH is 3. The molecule has 0 spiro atoms. The molecule has 622 valence electrons. The van der Waals surface area contributed by atoms with Crippen LogP contribution in [0.15, 0.2) is 29.3 Å². The maximum Gasteiger partial charge on any atom is 0.326 e. The molecular formula is C67H117N21O21S. The van der Waals surface area contributed by atoms with Crippen LogP contribution in [0.2, 0.25) is 0 Å². The van der Waals surface area contributed by atoms with Gasteiger partial charge < -0.3 is 140 Å². The number of hydrogen-bond donors (Lipinski definition) is 26. The van der Waals surface area contributed by atoms with Gasteiger partial charge in [0.1, 0.15) is 78.3 Å². The van der Waals surface area contributed by atoms with Crippen LogP contribution in [0.1, 0.15) is 135 Å². The number of aliphatic carboxylic acids is 2. The Hall–Kier alpha value is -9.63. The molecule has 0 radical (unpaired) electrons. The van der Waals surface area contributed by atoms with Crippen molar-refractivity contribution < 1.29 is 103 Å². The lowest BCUT2D eigenvalue weighted by Crippen LogP contribution is -2.63. The number of carbonyl (C=O) groups excluding carboxylic acids is 13. The molecule has 0 heterocycles. The molecule has 0 aliphatic carbocycles. The minimum absolute atomic E-state index is 0.0116. The predicted molar refractivity (Wildman–Crippen MR) is 402 cm³/mol. The average molecular weight is 1580 g/mol. The summed E-state index contributed by atoms with van der Waals surface area (Å²) >= 11 is 1.30. The van der Waals surface area contributed by atoms with Gasteiger partial charge in [0.15, 0.2) is 5.96 Å². The van der Waals surface area contributed by atoms with Crippen molar-refractivity contribution in [2.24, 2.45) is 56.8 Å². The number of aliphatic imine (C=N–C) groups is 1. The molecule has 1 rings (SSSR count). The second-order valence-electron chi connectivity index (χ2n) is 26.4. The van der Waals surface area contributed by atoms with Crippen LogP contribution in [0, 0.1) is 5.92 Å². The van der Waals surface area contributed by atoms with E-state index in [2.05, 4.69) is 68.8 Å². The molecule has 0 aliphatic rings. The minimum Gasteiger partial charge on any atom is -0.508 e. The summed E-state index contributed by atoms with van der Waals surface area (Å²) in [6, 6.07) is -16.2. The molecule has 110 heavy (non-hydrogen) atoms. The van der Waals surface area contributed by atoms with Crippen molar-refractivity contribution in [3.05, 3.63) is 29.8 Å². The van der Waals surface area contributed by atoms with Crippen molar-refractivity contribution in [3.8, 4) is 5.75 Å². The number of amides is 13. The summed E-state index contributed by atoms with van der Waals surface area (Å²) in [5, 5.41) is 89.8. The zero-order chi connectivity index (χ0) is 83.2. The number of nitrogens with one attached hydrogen (secondary N) is 12. The summed E-state index contributed by atoms with van der Waals surface area (Å²) in [6.07, 6.45) is -0.488. The zero-order valence-corrected chi connectivity index (χ0v) is 63.5. The Kier molecular flexibility index (Phi) is 48.3. The van der Waals surface area contributed by atoms with Gasteiger partial charge in [0.25, 0.3) is 0 Å². The quantitative estimate of drug-likeness (QED) is 0.0164. The van der Waals surface area contributed by atoms with E-state index < -0.39 is 218 Å². The summed E-state index contributed by atoms with van der Waals surface area (Å²) < 4.78 is 0. The number of aliphatic hydroxyl groups is 3. The fourth-order valence-corrected chi connectivity index (χ4v) is 11.1. The van der Waals surface area contributed by atoms with Crippen LogP contribution in [0.5, 0.6) is 5.75 Å². The number of hydrogen-bond acceptors (Lipinski definition) is 26. The van der Waals surface area contributed by atoms with Crippen LogP contribution in [-0.4, -0.2) is 268 Å². The third kappa shape index (κ3) is 38.6. The molecular weight excluding hydrogens is 1470 g/mol. The van der Waals surface area contributed by atoms with Gasteiger partial charge in [-0.3, -0.25) is 72.1 Å². The van der Waals surface area contributed by atoms with Crippen molar-refractivity contribution in [3.63, 3.8) is 0 Å². The van der Waals surface area contributed by atoms with Gasteiger partial charge in [0, 0.05) is 13.0 Å². The highest BCUT2D eigenvalue weighted by atomic mass is 32.2. The predicted octanol–water partition coefficient (Wildman–Crippen LogP) is -9.14. The van der Waals surface area contributed by atoms with E-state index >= 15 is 0 Å². The Morgan fingerprint density at radius 1 is 0.418 bits per heavy atom. The van der Waals surface area contributed by atoms with Crippen LogP contribution in [0.4, 0.5) is 0 Å². The second-order valence-corrected chi connectivity index (χ2v) is 27.4. The van der Waals surface area contributed by atoms with Gasteiger partial charge in [-0.1, -0.05) is 32.4 Å². The highest BCUT2D eigenvalue weighted by Gasteiger charge is 2.39. The molecule has 42 nitrogen and oxygen atoms in total. The lowest BCUT2D eigenvalue weighted by molar-refractivity contribution is -0.143. The van der Waals surface area contributed by atoms with E-state index in [9.17, 15) is 103 Å². The molecule has 0 aliphatic heterocycles. The molecule has 0 aromatic heterocycles. The molecule has 0 saturated heterocycles. The molecule has 34 N–H and O–H groups in total. The maximum absolute atomic E-state index is 14.7. The van der Waals surface area contributed by atoms with E-state index in [1.165, 1.54) is 49.9 Å². The molecule has 43 heteroatoms. The number of nitrogens with zero attached hydrogens (tertiary/aromatic N) is 1. The van der Waals surface area contributed by atoms with E-state index in [1.54, 1.807) is 6.26 Å². The number of phenols is 1. The Labute approximate surface area is 641 Å². The number of guanidine groups is 1. The van der Waals surface area contributed by atoms with Crippen LogP contribution in [-0.2, 0) is 78.3 Å². The summed E-state index contributed by atoms with van der Waals surface area (Å²) in [7, 11) is 0. The van der Waals surface area contributed by atoms with Gasteiger partial charge in [-0.2, -0.15) is 11.8 Å². The standard InChI is InChI=1S/C67H117N21O21S/c1-35(2)52(64(106)81-44(66(108)109)17-8-12-27-71)87-61(103)47(32-51(94)95)84-56(98)41(16-7-11-26-70)80-65(107)53(36(3)91)88-63(105)49(34-90)86-57(99)42(18-13-28-76-67(74)75)78-60(102)46(31-50(73)93)83-59(101)45(30-37-19-21-38(92)22-20-37)82-55(97)40(15-6-10-25-69)77-58(100)43(23-29-110-4)79-62(104)48(33-89)85-54(96)39(72)14-5-9-24-68/h19-22,35-36,39-49,52-53,89-92H,5-18,23-34,68-72H2,1-4H3,(H2,73,93)(H,77,100)(H,78,102)(H,79,104)(H,80,107)(H,81,106)(H,82,97)(H,83,101)(H,84,98)(H,85,96)(H,86,99)(H,87,103)(H,88,105)(H,94,95)(H,108,109)(H4,74,75,76)/t36-,39+,40+,41+,42+,43+,44+,45+,46+,47+,48+,49+,52+,53+/m1/s1. The monoisotopic (exact) mass is 1580 g/mol. The van der Waals surface area contributed by atoms with Gasteiger partial charge >= 0.3 is 11.9 Å². The highest BCUT2D eigenvalue weighted by molar-refractivity contribution is 7.98. The topological polar surface area (TPSA) is 742 Å². The van der Waals surface area contributed by atoms with E-state index in [1.807, 2.05) is 0 Å². The number of phenolic OH excluding ortho intramolecular Hbond substituents is 1. The molecule has 1 aromatic rings. The maximum atomic E-state index is 14.7. The molecule has 0 fully saturated rings. The van der Waals surface area contributed by atoms with Gasteiger partial charge in [-0.05, 0) is 159 Å². The van der Waals surface area contributed by atoms with Gasteiger partial charge in [-0.15, -0.1) is 0 Å². The highest BCUT2D eigenvalue weighted by Crippen LogP contribution is 2.16.